The predicted octanol–water partition coefficient (Wildman–Crippen LogP) is 2.30. The van der Waals surface area contributed by atoms with Crippen LogP contribution in [0.25, 0.3) is 16.8 Å². The standard InChI is InChI=1S/C19H14N4O3/c1-26-19(25)16-11-23(18(22-16)17(21)24)14-7-4-6-12(9-14)15-8-3-2-5-13(15)10-20/h2-9,11H,1H3,(H2,21,24). The summed E-state index contributed by atoms with van der Waals surface area (Å²) in [6.45, 7) is 0. The van der Waals surface area contributed by atoms with Crippen LogP contribution in [-0.2, 0) is 4.74 Å². The zero-order valence-electron chi connectivity index (χ0n) is 13.8. The molecule has 0 radical (unpaired) electrons. The fourth-order valence-electron chi connectivity index (χ4n) is 2.61. The van der Waals surface area contributed by atoms with Crippen LogP contribution in [0.4, 0.5) is 0 Å². The number of benzene rings is 2. The molecule has 0 saturated heterocycles. The SMILES string of the molecule is COC(=O)c1cn(-c2cccc(-c3ccccc3C#N)c2)c(C(N)=O)n1. The molecule has 0 bridgehead atoms. The van der Waals surface area contributed by atoms with E-state index >= 15 is 0 Å². The van der Waals surface area contributed by atoms with Crippen LogP contribution in [0, 0.1) is 11.3 Å². The molecule has 2 aromatic carbocycles. The number of carbonyl (C=O) groups is 2. The van der Waals surface area contributed by atoms with E-state index in [4.69, 9.17) is 5.73 Å². The van der Waals surface area contributed by atoms with Crippen molar-refractivity contribution in [1.82, 2.24) is 9.55 Å². The number of ether oxygens (including phenoxy) is 1. The summed E-state index contributed by atoms with van der Waals surface area (Å²) in [6.07, 6.45) is 1.39. The van der Waals surface area contributed by atoms with Gasteiger partial charge in [-0.1, -0.05) is 30.3 Å². The van der Waals surface area contributed by atoms with Crippen LogP contribution in [0.3, 0.4) is 0 Å². The van der Waals surface area contributed by atoms with Crippen molar-refractivity contribution in [2.45, 2.75) is 0 Å². The Bertz CT molecular complexity index is 1050. The van der Waals surface area contributed by atoms with Crippen LogP contribution in [0.15, 0.2) is 54.7 Å². The molecule has 1 aromatic heterocycles. The lowest BCUT2D eigenvalue weighted by Gasteiger charge is -2.09. The number of aromatic nitrogens is 2. The van der Waals surface area contributed by atoms with E-state index in [0.717, 1.165) is 11.1 Å². The molecule has 0 aliphatic heterocycles. The van der Waals surface area contributed by atoms with Crippen molar-refractivity contribution in [3.63, 3.8) is 0 Å². The third kappa shape index (κ3) is 3.03. The number of amides is 1. The van der Waals surface area contributed by atoms with Crippen molar-refractivity contribution in [2.75, 3.05) is 7.11 Å². The van der Waals surface area contributed by atoms with Gasteiger partial charge in [0, 0.05) is 11.9 Å². The highest BCUT2D eigenvalue weighted by atomic mass is 16.5. The van der Waals surface area contributed by atoms with Gasteiger partial charge < -0.3 is 10.5 Å². The summed E-state index contributed by atoms with van der Waals surface area (Å²) in [6, 6.07) is 16.5. The van der Waals surface area contributed by atoms with Gasteiger partial charge in [-0.2, -0.15) is 5.26 Å². The summed E-state index contributed by atoms with van der Waals surface area (Å²) >= 11 is 0. The quantitative estimate of drug-likeness (QED) is 0.729. The third-order valence-electron chi connectivity index (χ3n) is 3.80. The predicted molar refractivity (Wildman–Crippen MR) is 93.6 cm³/mol. The van der Waals surface area contributed by atoms with Crippen LogP contribution in [0.1, 0.15) is 26.7 Å². The van der Waals surface area contributed by atoms with Crippen molar-refractivity contribution < 1.29 is 14.3 Å². The molecule has 0 atom stereocenters. The molecule has 0 spiro atoms. The van der Waals surface area contributed by atoms with Crippen molar-refractivity contribution >= 4 is 11.9 Å². The number of nitriles is 1. The van der Waals surface area contributed by atoms with Gasteiger partial charge in [0.1, 0.15) is 0 Å². The minimum Gasteiger partial charge on any atom is -0.464 e. The van der Waals surface area contributed by atoms with Gasteiger partial charge in [0.2, 0.25) is 5.82 Å². The second-order valence-electron chi connectivity index (χ2n) is 5.38. The maximum Gasteiger partial charge on any atom is 0.358 e. The maximum absolute atomic E-state index is 11.7. The molecule has 3 rings (SSSR count). The first-order chi connectivity index (χ1) is 12.5. The molecule has 0 unspecified atom stereocenters. The average molecular weight is 346 g/mol. The summed E-state index contributed by atoms with van der Waals surface area (Å²) in [4.78, 5) is 27.4. The Morgan fingerprint density at radius 3 is 2.65 bits per heavy atom. The molecule has 0 fully saturated rings. The topological polar surface area (TPSA) is 111 Å². The molecule has 1 heterocycles. The Morgan fingerprint density at radius 2 is 1.96 bits per heavy atom. The molecule has 26 heavy (non-hydrogen) atoms. The largest absolute Gasteiger partial charge is 0.464 e. The second kappa shape index (κ2) is 6.91. The molecule has 1 amide bonds. The van der Waals surface area contributed by atoms with E-state index in [1.165, 1.54) is 17.9 Å². The van der Waals surface area contributed by atoms with E-state index < -0.39 is 11.9 Å². The first kappa shape index (κ1) is 16.9. The highest BCUT2D eigenvalue weighted by molar-refractivity contribution is 5.93. The van der Waals surface area contributed by atoms with Gasteiger partial charge in [-0.25, -0.2) is 9.78 Å². The average Bonchev–Trinajstić information content (AvgIpc) is 3.13. The Hall–Kier alpha value is -3.92. The lowest BCUT2D eigenvalue weighted by atomic mass is 10.00. The van der Waals surface area contributed by atoms with Gasteiger partial charge in [-0.05, 0) is 29.3 Å². The van der Waals surface area contributed by atoms with E-state index in [-0.39, 0.29) is 11.5 Å². The molecule has 128 valence electrons. The van der Waals surface area contributed by atoms with Crippen LogP contribution < -0.4 is 5.73 Å². The normalized spacial score (nSPS) is 10.2. The van der Waals surface area contributed by atoms with Gasteiger partial charge in [0.25, 0.3) is 5.91 Å². The number of hydrogen-bond donors (Lipinski definition) is 1. The Kier molecular flexibility index (Phi) is 4.50. The van der Waals surface area contributed by atoms with Gasteiger partial charge >= 0.3 is 5.97 Å². The monoisotopic (exact) mass is 346 g/mol. The van der Waals surface area contributed by atoms with Crippen molar-refractivity contribution in [1.29, 1.82) is 5.26 Å². The number of hydrogen-bond acceptors (Lipinski definition) is 5. The molecule has 7 heteroatoms. The minimum absolute atomic E-state index is 0.0240. The minimum atomic E-state index is -0.775. The van der Waals surface area contributed by atoms with E-state index in [1.807, 2.05) is 18.2 Å². The van der Waals surface area contributed by atoms with Crippen molar-refractivity contribution in [3.8, 4) is 22.9 Å². The van der Waals surface area contributed by atoms with Crippen LogP contribution >= 0.6 is 0 Å². The number of methoxy groups -OCH3 is 1. The highest BCUT2D eigenvalue weighted by Crippen LogP contribution is 2.26. The number of carbonyl (C=O) groups excluding carboxylic acids is 2. The summed E-state index contributed by atoms with van der Waals surface area (Å²) in [5.41, 5.74) is 8.00. The number of imidazole rings is 1. The number of nitrogens with zero attached hydrogens (tertiary/aromatic N) is 3. The lowest BCUT2D eigenvalue weighted by Crippen LogP contribution is -2.17. The third-order valence-corrected chi connectivity index (χ3v) is 3.80. The fraction of sp³-hybridized carbons (Fsp3) is 0.0526. The van der Waals surface area contributed by atoms with Crippen molar-refractivity contribution in [2.24, 2.45) is 5.73 Å². The van der Waals surface area contributed by atoms with Crippen molar-refractivity contribution in [3.05, 3.63) is 71.8 Å². The molecule has 2 N–H and O–H groups in total. The smallest absolute Gasteiger partial charge is 0.358 e. The molecule has 0 saturated carbocycles. The molecule has 0 aliphatic rings. The molecular formula is C19H14N4O3. The number of rotatable bonds is 4. The molecule has 7 nitrogen and oxygen atoms in total. The number of primary amides is 1. The Balaban J connectivity index is 2.15. The molecule has 0 aliphatic carbocycles. The Morgan fingerprint density at radius 1 is 1.19 bits per heavy atom. The zero-order chi connectivity index (χ0) is 18.7. The highest BCUT2D eigenvalue weighted by Gasteiger charge is 2.19. The summed E-state index contributed by atoms with van der Waals surface area (Å²) in [5, 5.41) is 9.30. The molecule has 3 aromatic rings. The van der Waals surface area contributed by atoms with Gasteiger partial charge in [-0.15, -0.1) is 0 Å². The van der Waals surface area contributed by atoms with E-state index in [2.05, 4.69) is 15.8 Å². The number of esters is 1. The van der Waals surface area contributed by atoms with Crippen LogP contribution in [0.2, 0.25) is 0 Å². The maximum atomic E-state index is 11.7. The van der Waals surface area contributed by atoms with E-state index in [1.54, 1.807) is 30.3 Å². The fourth-order valence-corrected chi connectivity index (χ4v) is 2.61. The first-order valence-electron chi connectivity index (χ1n) is 7.62. The lowest BCUT2D eigenvalue weighted by molar-refractivity contribution is 0.0594. The summed E-state index contributed by atoms with van der Waals surface area (Å²) < 4.78 is 6.06. The second-order valence-corrected chi connectivity index (χ2v) is 5.38. The van der Waals surface area contributed by atoms with E-state index in [9.17, 15) is 14.9 Å². The van der Waals surface area contributed by atoms with Gasteiger partial charge in [-0.3, -0.25) is 9.36 Å². The number of nitrogens with two attached hydrogens (primary N) is 1. The van der Waals surface area contributed by atoms with Gasteiger partial charge in [0.15, 0.2) is 5.69 Å². The van der Waals surface area contributed by atoms with Gasteiger partial charge in [0.05, 0.1) is 18.7 Å². The summed E-state index contributed by atoms with van der Waals surface area (Å²) in [7, 11) is 1.23. The van der Waals surface area contributed by atoms with Crippen LogP contribution in [0.5, 0.6) is 0 Å². The molecular weight excluding hydrogens is 332 g/mol. The summed E-state index contributed by atoms with van der Waals surface area (Å²) in [5.74, 6) is -1.53. The first-order valence-corrected chi connectivity index (χ1v) is 7.62. The van der Waals surface area contributed by atoms with E-state index in [0.29, 0.717) is 11.3 Å². The van der Waals surface area contributed by atoms with Crippen LogP contribution in [-0.4, -0.2) is 28.5 Å². The Labute approximate surface area is 149 Å². The zero-order valence-corrected chi connectivity index (χ0v) is 13.8.